The molecule has 2 amide bonds. The van der Waals surface area contributed by atoms with Crippen LogP contribution in [0.3, 0.4) is 0 Å². The third-order valence-corrected chi connectivity index (χ3v) is 7.06. The average Bonchev–Trinajstić information content (AvgIpc) is 2.88. The molecule has 0 unspecified atom stereocenters. The summed E-state index contributed by atoms with van der Waals surface area (Å²) < 4.78 is 17.2. The molecule has 2 aromatic rings. The van der Waals surface area contributed by atoms with Crippen molar-refractivity contribution in [2.75, 3.05) is 32.1 Å². The van der Waals surface area contributed by atoms with Gasteiger partial charge in [-0.3, -0.25) is 9.59 Å². The number of halogens is 1. The van der Waals surface area contributed by atoms with Crippen molar-refractivity contribution in [1.82, 2.24) is 15.5 Å². The van der Waals surface area contributed by atoms with Gasteiger partial charge in [0.1, 0.15) is 0 Å². The Balaban J connectivity index is 1.54. The average molecular weight is 573 g/mol. The van der Waals surface area contributed by atoms with Crippen LogP contribution in [-0.2, 0) is 14.3 Å². The summed E-state index contributed by atoms with van der Waals surface area (Å²) in [6.07, 6.45) is -0.0541. The summed E-state index contributed by atoms with van der Waals surface area (Å²) in [7, 11) is 1.52. The standard InChI is InChI=1S/C28H33ClN4O5S/c1-15-6-8-20(29)11-21(15)31-27(35)25-18(4)30-28(39)32-26(25)19-7-9-22(23(10-19)36-5)37-14-24(34)33-12-16(2)38-17(3)13-33/h6-11,16-17,26H,12-14H2,1-5H3,(H,31,35)(H2,30,32,39)/t16-,17-,26-/m0/s1. The minimum atomic E-state index is -0.556. The molecular weight excluding hydrogens is 540 g/mol. The molecule has 1 saturated heterocycles. The first kappa shape index (κ1) is 28.7. The van der Waals surface area contributed by atoms with Crippen molar-refractivity contribution in [3.05, 3.63) is 63.8 Å². The van der Waals surface area contributed by atoms with Gasteiger partial charge in [0.2, 0.25) is 0 Å². The largest absolute Gasteiger partial charge is 0.493 e. The fraction of sp³-hybridized carbons (Fsp3) is 0.393. The van der Waals surface area contributed by atoms with Crippen molar-refractivity contribution in [2.45, 2.75) is 45.9 Å². The highest BCUT2D eigenvalue weighted by Gasteiger charge is 2.31. The van der Waals surface area contributed by atoms with E-state index in [-0.39, 0.29) is 30.6 Å². The van der Waals surface area contributed by atoms with Gasteiger partial charge in [-0.1, -0.05) is 23.7 Å². The molecule has 2 aliphatic heterocycles. The van der Waals surface area contributed by atoms with Crippen molar-refractivity contribution in [3.8, 4) is 11.5 Å². The highest BCUT2D eigenvalue weighted by molar-refractivity contribution is 7.80. The number of nitrogens with zero attached hydrogens (tertiary/aromatic N) is 1. The predicted molar refractivity (Wildman–Crippen MR) is 154 cm³/mol. The Morgan fingerprint density at radius 1 is 1.13 bits per heavy atom. The number of aryl methyl sites for hydroxylation is 1. The van der Waals surface area contributed by atoms with Crippen LogP contribution < -0.4 is 25.4 Å². The molecule has 3 N–H and O–H groups in total. The molecule has 3 atom stereocenters. The van der Waals surface area contributed by atoms with Gasteiger partial charge >= 0.3 is 0 Å². The molecule has 4 rings (SSSR count). The minimum absolute atomic E-state index is 0.0271. The lowest BCUT2D eigenvalue weighted by Gasteiger charge is -2.35. The van der Waals surface area contributed by atoms with E-state index in [9.17, 15) is 9.59 Å². The van der Waals surface area contributed by atoms with Gasteiger partial charge in [-0.05, 0) is 75.3 Å². The first-order valence-corrected chi connectivity index (χ1v) is 13.4. The van der Waals surface area contributed by atoms with E-state index < -0.39 is 6.04 Å². The van der Waals surface area contributed by atoms with Crippen molar-refractivity contribution in [3.63, 3.8) is 0 Å². The summed E-state index contributed by atoms with van der Waals surface area (Å²) >= 11 is 11.5. The molecule has 1 fully saturated rings. The number of carbonyl (C=O) groups is 2. The SMILES string of the molecule is COc1cc([C@@H]2NC(=S)NC(C)=C2C(=O)Nc2cc(Cl)ccc2C)ccc1OCC(=O)N1C[C@H](C)O[C@@H](C)C1. The summed E-state index contributed by atoms with van der Waals surface area (Å²) in [6.45, 7) is 8.50. The van der Waals surface area contributed by atoms with Crippen LogP contribution >= 0.6 is 23.8 Å². The van der Waals surface area contributed by atoms with Crippen molar-refractivity contribution < 1.29 is 23.8 Å². The number of methoxy groups -OCH3 is 1. The summed E-state index contributed by atoms with van der Waals surface area (Å²) in [6, 6.07) is 10.1. The number of hydrogen-bond donors (Lipinski definition) is 3. The Labute approximate surface area is 238 Å². The Hall–Kier alpha value is -3.34. The quantitative estimate of drug-likeness (QED) is 0.426. The highest BCUT2D eigenvalue weighted by atomic mass is 35.5. The third-order valence-electron chi connectivity index (χ3n) is 6.61. The monoisotopic (exact) mass is 572 g/mol. The Bertz CT molecular complexity index is 1310. The molecule has 11 heteroatoms. The summed E-state index contributed by atoms with van der Waals surface area (Å²) in [4.78, 5) is 28.0. The smallest absolute Gasteiger partial charge is 0.260 e. The van der Waals surface area contributed by atoms with E-state index >= 15 is 0 Å². The van der Waals surface area contributed by atoms with Gasteiger partial charge in [-0.25, -0.2) is 0 Å². The van der Waals surface area contributed by atoms with Gasteiger partial charge in [0.05, 0.1) is 30.9 Å². The van der Waals surface area contributed by atoms with Gasteiger partial charge in [0.15, 0.2) is 23.2 Å². The second-order valence-corrected chi connectivity index (χ2v) is 10.6. The van der Waals surface area contributed by atoms with E-state index in [1.165, 1.54) is 7.11 Å². The van der Waals surface area contributed by atoms with Gasteiger partial charge in [-0.2, -0.15) is 0 Å². The number of morpholine rings is 1. The second kappa shape index (κ2) is 12.2. The van der Waals surface area contributed by atoms with Crippen LogP contribution in [0, 0.1) is 6.92 Å². The maximum Gasteiger partial charge on any atom is 0.260 e. The normalized spacial score (nSPS) is 21.1. The van der Waals surface area contributed by atoms with Crippen LogP contribution in [0.15, 0.2) is 47.7 Å². The van der Waals surface area contributed by atoms with Crippen molar-refractivity contribution in [2.24, 2.45) is 0 Å². The zero-order valence-corrected chi connectivity index (χ0v) is 24.2. The molecule has 0 bridgehead atoms. The zero-order valence-electron chi connectivity index (χ0n) is 22.6. The van der Waals surface area contributed by atoms with E-state index in [4.69, 9.17) is 38.0 Å². The molecule has 208 valence electrons. The van der Waals surface area contributed by atoms with E-state index in [0.717, 1.165) is 11.1 Å². The molecule has 0 spiro atoms. The first-order chi connectivity index (χ1) is 18.5. The summed E-state index contributed by atoms with van der Waals surface area (Å²) in [5, 5.41) is 10.1. The van der Waals surface area contributed by atoms with Gasteiger partial charge in [-0.15, -0.1) is 0 Å². The van der Waals surface area contributed by atoms with Gasteiger partial charge in [0.25, 0.3) is 11.8 Å². The van der Waals surface area contributed by atoms with Gasteiger partial charge < -0.3 is 35.1 Å². The lowest BCUT2D eigenvalue weighted by Crippen LogP contribution is -2.49. The van der Waals surface area contributed by atoms with Crippen LogP contribution in [-0.4, -0.2) is 60.8 Å². The highest BCUT2D eigenvalue weighted by Crippen LogP contribution is 2.35. The molecule has 2 aliphatic rings. The fourth-order valence-corrected chi connectivity index (χ4v) is 5.20. The zero-order chi connectivity index (χ0) is 28.3. The van der Waals surface area contributed by atoms with Crippen LogP contribution in [0.2, 0.25) is 5.02 Å². The number of rotatable bonds is 7. The van der Waals surface area contributed by atoms with Crippen LogP contribution in [0.1, 0.15) is 37.9 Å². The van der Waals surface area contributed by atoms with Gasteiger partial charge in [0, 0.05) is 29.5 Å². The number of anilines is 1. The van der Waals surface area contributed by atoms with Crippen LogP contribution in [0.25, 0.3) is 0 Å². The lowest BCUT2D eigenvalue weighted by atomic mass is 9.94. The van der Waals surface area contributed by atoms with Crippen LogP contribution in [0.5, 0.6) is 11.5 Å². The molecule has 39 heavy (non-hydrogen) atoms. The minimum Gasteiger partial charge on any atom is -0.493 e. The molecule has 0 radical (unpaired) electrons. The number of thiocarbonyl (C=S) groups is 1. The summed E-state index contributed by atoms with van der Waals surface area (Å²) in [5.74, 6) is 0.423. The number of carbonyl (C=O) groups excluding carboxylic acids is 2. The number of amides is 2. The van der Waals surface area contributed by atoms with Crippen LogP contribution in [0.4, 0.5) is 5.69 Å². The molecule has 2 heterocycles. The number of hydrogen-bond acceptors (Lipinski definition) is 6. The molecule has 0 saturated carbocycles. The summed E-state index contributed by atoms with van der Waals surface area (Å²) in [5.41, 5.74) is 3.32. The molecule has 9 nitrogen and oxygen atoms in total. The Morgan fingerprint density at radius 2 is 1.85 bits per heavy atom. The fourth-order valence-electron chi connectivity index (χ4n) is 4.76. The Morgan fingerprint density at radius 3 is 2.54 bits per heavy atom. The maximum atomic E-state index is 13.5. The molecule has 2 aromatic carbocycles. The third kappa shape index (κ3) is 6.81. The predicted octanol–water partition coefficient (Wildman–Crippen LogP) is 4.10. The second-order valence-electron chi connectivity index (χ2n) is 9.74. The molecule has 0 aromatic heterocycles. The van der Waals surface area contributed by atoms with E-state index in [2.05, 4.69) is 16.0 Å². The maximum absolute atomic E-state index is 13.5. The van der Waals surface area contributed by atoms with E-state index in [1.54, 1.807) is 36.1 Å². The van der Waals surface area contributed by atoms with E-state index in [0.29, 0.717) is 51.7 Å². The number of ether oxygens (including phenoxy) is 3. The lowest BCUT2D eigenvalue weighted by molar-refractivity contribution is -0.145. The van der Waals surface area contributed by atoms with Crippen molar-refractivity contribution >= 4 is 46.4 Å². The number of allylic oxidation sites excluding steroid dienone is 1. The molecular formula is C28H33ClN4O5S. The number of nitrogens with one attached hydrogen (secondary N) is 3. The first-order valence-electron chi connectivity index (χ1n) is 12.7. The Kier molecular flexibility index (Phi) is 8.99. The topological polar surface area (TPSA) is 101 Å². The number of benzene rings is 2. The molecule has 0 aliphatic carbocycles. The van der Waals surface area contributed by atoms with E-state index in [1.807, 2.05) is 32.9 Å². The van der Waals surface area contributed by atoms with Crippen molar-refractivity contribution in [1.29, 1.82) is 0 Å².